The van der Waals surface area contributed by atoms with Gasteiger partial charge in [-0.25, -0.2) is 0 Å². The fourth-order valence-corrected chi connectivity index (χ4v) is 11.9. The number of carbonyl (C=O) groups is 1. The van der Waals surface area contributed by atoms with Crippen LogP contribution in [0, 0.1) is 0 Å². The molecule has 0 radical (unpaired) electrons. The summed E-state index contributed by atoms with van der Waals surface area (Å²) >= 11 is 0. The summed E-state index contributed by atoms with van der Waals surface area (Å²) in [6.07, 6.45) is 90.2. The minimum atomic E-state index is -4.58. The van der Waals surface area contributed by atoms with Gasteiger partial charge in [-0.2, -0.15) is 0 Å². The Morgan fingerprint density at radius 2 is 0.726 bits per heavy atom. The number of nitrogens with one attached hydrogen (secondary N) is 1. The van der Waals surface area contributed by atoms with E-state index in [9.17, 15) is 19.4 Å². The molecule has 0 heterocycles. The summed E-state index contributed by atoms with van der Waals surface area (Å²) in [5.74, 6) is -0.159. The molecule has 0 aromatic carbocycles. The maximum Gasteiger partial charge on any atom is 0.268 e. The maximum atomic E-state index is 13.1. The summed E-state index contributed by atoms with van der Waals surface area (Å²) in [6.45, 7) is 4.66. The van der Waals surface area contributed by atoms with E-state index in [-0.39, 0.29) is 19.1 Å². The van der Waals surface area contributed by atoms with Crippen LogP contribution in [0.1, 0.15) is 361 Å². The number of unbranched alkanes of at least 4 members (excludes halogenated alkanes) is 45. The van der Waals surface area contributed by atoms with Crippen molar-refractivity contribution in [3.8, 4) is 0 Å². The first kappa shape index (κ1) is 82.2. The van der Waals surface area contributed by atoms with Gasteiger partial charge in [0, 0.05) is 6.42 Å². The summed E-state index contributed by atoms with van der Waals surface area (Å²) < 4.78 is 23.6. The summed E-state index contributed by atoms with van der Waals surface area (Å²) in [6, 6.07) is -0.804. The highest BCUT2D eigenvalue weighted by Gasteiger charge is 2.24. The van der Waals surface area contributed by atoms with Gasteiger partial charge in [-0.05, 0) is 57.8 Å². The highest BCUT2D eigenvalue weighted by atomic mass is 31.2. The number of carbonyl (C=O) groups excluding carboxylic acids is 1. The van der Waals surface area contributed by atoms with E-state index in [0.29, 0.717) is 23.9 Å². The normalized spacial score (nSPS) is 13.9. The maximum absolute atomic E-state index is 13.1. The highest BCUT2D eigenvalue weighted by Crippen LogP contribution is 2.38. The van der Waals surface area contributed by atoms with Gasteiger partial charge in [0.05, 0.1) is 39.9 Å². The van der Waals surface area contributed by atoms with Crippen LogP contribution in [0.15, 0.2) is 60.8 Å². The number of aliphatic hydroxyl groups is 1. The monoisotopic (exact) mass is 1200 g/mol. The van der Waals surface area contributed by atoms with Crippen LogP contribution in [0.25, 0.3) is 0 Å². The molecule has 494 valence electrons. The zero-order valence-electron chi connectivity index (χ0n) is 56.6. The number of amides is 1. The number of hydrogen-bond donors (Lipinski definition) is 2. The molecule has 8 nitrogen and oxygen atoms in total. The Kier molecular flexibility index (Phi) is 64.2. The molecule has 84 heavy (non-hydrogen) atoms. The molecular weight excluding hydrogens is 1060 g/mol. The summed E-state index contributed by atoms with van der Waals surface area (Å²) in [5, 5.41) is 14.1. The lowest BCUT2D eigenvalue weighted by atomic mass is 10.0. The molecule has 0 saturated heterocycles. The predicted molar refractivity (Wildman–Crippen MR) is 367 cm³/mol. The molecule has 0 rings (SSSR count). The fourth-order valence-electron chi connectivity index (χ4n) is 11.1. The van der Waals surface area contributed by atoms with Gasteiger partial charge in [0.15, 0.2) is 0 Å². The Morgan fingerprint density at radius 3 is 1.06 bits per heavy atom. The van der Waals surface area contributed by atoms with Crippen LogP contribution in [0.3, 0.4) is 0 Å². The minimum Gasteiger partial charge on any atom is -0.756 e. The van der Waals surface area contributed by atoms with Gasteiger partial charge in [0.25, 0.3) is 7.82 Å². The van der Waals surface area contributed by atoms with Crippen LogP contribution in [0.2, 0.25) is 0 Å². The average Bonchev–Trinajstić information content (AvgIpc) is 3.56. The quantitative estimate of drug-likeness (QED) is 0.0272. The number of aliphatic hydroxyl groups excluding tert-OH is 1. The van der Waals surface area contributed by atoms with E-state index >= 15 is 0 Å². The minimum absolute atomic E-state index is 0.0127. The van der Waals surface area contributed by atoms with Crippen LogP contribution in [0.4, 0.5) is 0 Å². The smallest absolute Gasteiger partial charge is 0.268 e. The lowest BCUT2D eigenvalue weighted by molar-refractivity contribution is -0.870. The van der Waals surface area contributed by atoms with E-state index in [1.54, 1.807) is 0 Å². The second kappa shape index (κ2) is 65.6. The lowest BCUT2D eigenvalue weighted by Gasteiger charge is -2.30. The standard InChI is InChI=1S/C75H143N2O6P/c1-6-8-10-12-14-16-18-20-22-24-26-28-30-32-34-36-37-38-39-41-43-45-47-49-51-53-55-57-59-61-63-65-67-69-75(79)76-73(72-83-84(80,81)82-71-70-77(3,4)5)74(78)68-66-64-62-60-58-56-54-52-50-48-46-44-42-40-35-33-31-29-27-25-23-21-19-17-15-13-11-9-7-2/h8,10,14,16,20,22,26,28,32,34,73-74,78H,6-7,9,11-13,15,17-19,21,23-25,27,29-31,33,35-72H2,1-5H3,(H-,76,79,80,81)/b10-8-,16-14-,22-20-,28-26-,34-32-. The van der Waals surface area contributed by atoms with Gasteiger partial charge in [0.2, 0.25) is 5.91 Å². The third kappa shape index (κ3) is 67.7. The van der Waals surface area contributed by atoms with E-state index < -0.39 is 20.0 Å². The molecule has 3 unspecified atom stereocenters. The van der Waals surface area contributed by atoms with Gasteiger partial charge in [-0.15, -0.1) is 0 Å². The van der Waals surface area contributed by atoms with Gasteiger partial charge in [-0.3, -0.25) is 9.36 Å². The van der Waals surface area contributed by atoms with Crippen molar-refractivity contribution < 1.29 is 32.9 Å². The van der Waals surface area contributed by atoms with Crippen molar-refractivity contribution in [1.82, 2.24) is 5.32 Å². The fraction of sp³-hybridized carbons (Fsp3) is 0.853. The van der Waals surface area contributed by atoms with Crippen molar-refractivity contribution >= 4 is 13.7 Å². The predicted octanol–water partition coefficient (Wildman–Crippen LogP) is 22.9. The number of phosphoric ester groups is 1. The SMILES string of the molecule is CC/C=C\C/C=C\C/C=C\C/C=C\C/C=C\CCCCCCCCCCCCCCCCCCCC(=O)NC(COP(=O)([O-])OCC[N+](C)(C)C)C(O)CCCCCCCCCCCCCCCCCCCCCCCCCCCCCCC. The topological polar surface area (TPSA) is 108 Å². The van der Waals surface area contributed by atoms with E-state index in [4.69, 9.17) is 9.05 Å². The second-order valence-electron chi connectivity index (χ2n) is 26.3. The van der Waals surface area contributed by atoms with Crippen molar-refractivity contribution in [3.63, 3.8) is 0 Å². The van der Waals surface area contributed by atoms with Crippen LogP contribution in [-0.4, -0.2) is 68.5 Å². The third-order valence-electron chi connectivity index (χ3n) is 16.8. The van der Waals surface area contributed by atoms with Crippen molar-refractivity contribution in [2.45, 2.75) is 373 Å². The Labute approximate surface area is 523 Å². The molecule has 2 N–H and O–H groups in total. The second-order valence-corrected chi connectivity index (χ2v) is 27.7. The van der Waals surface area contributed by atoms with Gasteiger partial charge < -0.3 is 28.8 Å². The molecule has 0 spiro atoms. The van der Waals surface area contributed by atoms with Gasteiger partial charge in [0.1, 0.15) is 13.2 Å². The first-order valence-electron chi connectivity index (χ1n) is 36.6. The van der Waals surface area contributed by atoms with Crippen LogP contribution >= 0.6 is 7.82 Å². The summed E-state index contributed by atoms with van der Waals surface area (Å²) in [7, 11) is 1.32. The van der Waals surface area contributed by atoms with E-state index in [1.165, 1.54) is 263 Å². The highest BCUT2D eigenvalue weighted by molar-refractivity contribution is 7.45. The van der Waals surface area contributed by atoms with Crippen LogP contribution < -0.4 is 10.2 Å². The molecule has 0 bridgehead atoms. The van der Waals surface area contributed by atoms with Crippen LogP contribution in [0.5, 0.6) is 0 Å². The number of rotatable bonds is 68. The van der Waals surface area contributed by atoms with E-state index in [0.717, 1.165) is 70.6 Å². The molecule has 9 heteroatoms. The molecule has 0 fully saturated rings. The molecule has 0 aliphatic rings. The Morgan fingerprint density at radius 1 is 0.429 bits per heavy atom. The lowest BCUT2D eigenvalue weighted by Crippen LogP contribution is -2.46. The third-order valence-corrected chi connectivity index (χ3v) is 17.7. The number of likely N-dealkylation sites (N-methyl/N-ethyl adjacent to an activating group) is 1. The molecule has 0 aromatic heterocycles. The largest absolute Gasteiger partial charge is 0.756 e. The molecule has 0 aliphatic heterocycles. The molecule has 1 amide bonds. The summed E-state index contributed by atoms with van der Waals surface area (Å²) in [5.41, 5.74) is 0. The summed E-state index contributed by atoms with van der Waals surface area (Å²) in [4.78, 5) is 25.7. The number of nitrogens with zero attached hydrogens (tertiary/aromatic N) is 1. The van der Waals surface area contributed by atoms with Crippen molar-refractivity contribution in [2.24, 2.45) is 0 Å². The van der Waals surface area contributed by atoms with Crippen molar-refractivity contribution in [1.29, 1.82) is 0 Å². The molecular formula is C75H143N2O6P. The van der Waals surface area contributed by atoms with Gasteiger partial charge in [-0.1, -0.05) is 357 Å². The number of quaternary nitrogens is 1. The Bertz CT molecular complexity index is 1550. The molecule has 0 aromatic rings. The van der Waals surface area contributed by atoms with Crippen molar-refractivity contribution in [3.05, 3.63) is 60.8 Å². The number of allylic oxidation sites excluding steroid dienone is 10. The zero-order chi connectivity index (χ0) is 61.2. The van der Waals surface area contributed by atoms with E-state index in [1.807, 2.05) is 21.1 Å². The van der Waals surface area contributed by atoms with Crippen LogP contribution in [-0.2, 0) is 18.4 Å². The average molecular weight is 1200 g/mol. The zero-order valence-corrected chi connectivity index (χ0v) is 57.5. The Balaban J connectivity index is 3.99. The van der Waals surface area contributed by atoms with Gasteiger partial charge >= 0.3 is 0 Å². The van der Waals surface area contributed by atoms with E-state index in [2.05, 4.69) is 79.9 Å². The molecule has 3 atom stereocenters. The first-order valence-corrected chi connectivity index (χ1v) is 38.1. The molecule has 0 aliphatic carbocycles. The number of phosphoric acid groups is 1. The molecule has 0 saturated carbocycles. The van der Waals surface area contributed by atoms with Crippen molar-refractivity contribution in [2.75, 3.05) is 40.9 Å². The Hall–Kier alpha value is -1.80. The first-order chi connectivity index (χ1) is 41.0. The number of hydrogen-bond acceptors (Lipinski definition) is 6.